The van der Waals surface area contributed by atoms with Crippen molar-refractivity contribution in [2.24, 2.45) is 0 Å². The van der Waals surface area contributed by atoms with Gasteiger partial charge < -0.3 is 9.84 Å². The molecule has 1 rings (SSSR count). The van der Waals surface area contributed by atoms with Crippen molar-refractivity contribution in [3.8, 4) is 0 Å². The van der Waals surface area contributed by atoms with E-state index in [1.807, 2.05) is 0 Å². The zero-order valence-electron chi connectivity index (χ0n) is 7.72. The summed E-state index contributed by atoms with van der Waals surface area (Å²) in [4.78, 5) is 3.61. The molecule has 0 amide bonds. The van der Waals surface area contributed by atoms with Gasteiger partial charge in [0.05, 0.1) is 6.04 Å². The molecule has 1 aromatic rings. The summed E-state index contributed by atoms with van der Waals surface area (Å²) in [5, 5.41) is 6.21. The van der Waals surface area contributed by atoms with Crippen molar-refractivity contribution >= 4 is 0 Å². The Labute approximate surface area is 78.5 Å². The lowest BCUT2D eigenvalue weighted by Crippen LogP contribution is -2.15. The third kappa shape index (κ3) is 2.99. The van der Waals surface area contributed by atoms with Crippen LogP contribution in [-0.2, 0) is 6.42 Å². The maximum absolute atomic E-state index is 11.9. The lowest BCUT2D eigenvalue weighted by atomic mass is 10.3. The van der Waals surface area contributed by atoms with E-state index in [0.29, 0.717) is 0 Å². The molecule has 0 saturated heterocycles. The third-order valence-corrected chi connectivity index (χ3v) is 1.66. The van der Waals surface area contributed by atoms with Crippen LogP contribution in [0.3, 0.4) is 0 Å². The number of hydrogen-bond acceptors (Lipinski definition) is 4. The summed E-state index contributed by atoms with van der Waals surface area (Å²) in [6.07, 6.45) is -5.50. The fraction of sp³-hybridized carbons (Fsp3) is 0.714. The fourth-order valence-electron chi connectivity index (χ4n) is 0.816. The van der Waals surface area contributed by atoms with Crippen LogP contribution in [-0.4, -0.2) is 23.4 Å². The van der Waals surface area contributed by atoms with Gasteiger partial charge in [0.1, 0.15) is 6.42 Å². The number of hydrogen-bond donors (Lipinski definition) is 1. The molecule has 0 aliphatic carbocycles. The van der Waals surface area contributed by atoms with Crippen molar-refractivity contribution in [1.82, 2.24) is 15.5 Å². The van der Waals surface area contributed by atoms with Gasteiger partial charge >= 0.3 is 6.18 Å². The van der Waals surface area contributed by atoms with Crippen LogP contribution in [0.25, 0.3) is 0 Å². The molecule has 0 aliphatic heterocycles. The van der Waals surface area contributed by atoms with Crippen molar-refractivity contribution in [1.29, 1.82) is 0 Å². The molecule has 1 N–H and O–H groups in total. The molecule has 1 atom stereocenters. The molecule has 80 valence electrons. The summed E-state index contributed by atoms with van der Waals surface area (Å²) in [6.45, 7) is 1.72. The third-order valence-electron chi connectivity index (χ3n) is 1.66. The van der Waals surface area contributed by atoms with Crippen molar-refractivity contribution in [3.05, 3.63) is 11.7 Å². The quantitative estimate of drug-likeness (QED) is 0.818. The van der Waals surface area contributed by atoms with E-state index >= 15 is 0 Å². The first-order valence-corrected chi connectivity index (χ1v) is 3.99. The molecule has 0 fully saturated rings. The molecule has 14 heavy (non-hydrogen) atoms. The molecule has 1 heterocycles. The Bertz CT molecular complexity index is 297. The highest BCUT2D eigenvalue weighted by molar-refractivity contribution is 4.92. The maximum Gasteiger partial charge on any atom is 0.397 e. The molecule has 0 unspecified atom stereocenters. The Morgan fingerprint density at radius 1 is 1.50 bits per heavy atom. The van der Waals surface area contributed by atoms with E-state index in [1.165, 1.54) is 0 Å². The summed E-state index contributed by atoms with van der Waals surface area (Å²) in [5.74, 6) is -0.179. The molecule has 4 nitrogen and oxygen atoms in total. The highest BCUT2D eigenvalue weighted by Crippen LogP contribution is 2.20. The lowest BCUT2D eigenvalue weighted by Gasteiger charge is -2.02. The molecule has 7 heteroatoms. The highest BCUT2D eigenvalue weighted by atomic mass is 19.4. The van der Waals surface area contributed by atoms with Crippen LogP contribution in [0, 0.1) is 0 Å². The van der Waals surface area contributed by atoms with Gasteiger partial charge in [-0.15, -0.1) is 0 Å². The van der Waals surface area contributed by atoms with Crippen LogP contribution in [0.1, 0.15) is 24.7 Å². The number of aromatic nitrogens is 2. The van der Waals surface area contributed by atoms with Crippen molar-refractivity contribution in [2.45, 2.75) is 25.6 Å². The Morgan fingerprint density at radius 3 is 2.64 bits per heavy atom. The van der Waals surface area contributed by atoms with Crippen molar-refractivity contribution in [2.75, 3.05) is 7.05 Å². The molecule has 0 aromatic carbocycles. The van der Waals surface area contributed by atoms with Crippen LogP contribution >= 0.6 is 0 Å². The van der Waals surface area contributed by atoms with Gasteiger partial charge in [0.25, 0.3) is 0 Å². The Kier molecular flexibility index (Phi) is 3.10. The minimum absolute atomic E-state index is 0.222. The number of halogens is 3. The second kappa shape index (κ2) is 3.95. The van der Waals surface area contributed by atoms with Crippen molar-refractivity contribution < 1.29 is 17.7 Å². The monoisotopic (exact) mass is 209 g/mol. The minimum Gasteiger partial charge on any atom is -0.339 e. The molecular formula is C7H10F3N3O. The van der Waals surface area contributed by atoms with Crippen molar-refractivity contribution in [3.63, 3.8) is 0 Å². The van der Waals surface area contributed by atoms with E-state index in [4.69, 9.17) is 0 Å². The normalized spacial score (nSPS) is 14.4. The highest BCUT2D eigenvalue weighted by Gasteiger charge is 2.31. The first kappa shape index (κ1) is 11.0. The number of nitrogens with zero attached hydrogens (tertiary/aromatic N) is 2. The van der Waals surface area contributed by atoms with E-state index in [9.17, 15) is 13.2 Å². The molecule has 1 aromatic heterocycles. The summed E-state index contributed by atoms with van der Waals surface area (Å²) in [5.41, 5.74) is 0. The predicted molar refractivity (Wildman–Crippen MR) is 41.5 cm³/mol. The number of rotatable bonds is 3. The summed E-state index contributed by atoms with van der Waals surface area (Å²) in [7, 11) is 1.66. The average molecular weight is 209 g/mol. The zero-order chi connectivity index (χ0) is 10.8. The van der Waals surface area contributed by atoms with Gasteiger partial charge in [0.15, 0.2) is 5.82 Å². The van der Waals surface area contributed by atoms with Gasteiger partial charge in [-0.1, -0.05) is 5.16 Å². The molecular weight excluding hydrogens is 199 g/mol. The smallest absolute Gasteiger partial charge is 0.339 e. The minimum atomic E-state index is -4.31. The number of nitrogens with one attached hydrogen (secondary N) is 1. The van der Waals surface area contributed by atoms with E-state index in [1.54, 1.807) is 14.0 Å². The Hall–Kier alpha value is -1.11. The lowest BCUT2D eigenvalue weighted by molar-refractivity contribution is -0.131. The van der Waals surface area contributed by atoms with Gasteiger partial charge in [-0.2, -0.15) is 18.2 Å². The van der Waals surface area contributed by atoms with Crippen LogP contribution in [0.4, 0.5) is 13.2 Å². The second-order valence-corrected chi connectivity index (χ2v) is 2.85. The van der Waals surface area contributed by atoms with Crippen LogP contribution < -0.4 is 5.32 Å². The Morgan fingerprint density at radius 2 is 2.14 bits per heavy atom. The summed E-state index contributed by atoms with van der Waals surface area (Å²) >= 11 is 0. The van der Waals surface area contributed by atoms with E-state index in [-0.39, 0.29) is 11.9 Å². The van der Waals surface area contributed by atoms with Gasteiger partial charge in [-0.3, -0.25) is 0 Å². The largest absolute Gasteiger partial charge is 0.397 e. The molecule has 0 saturated carbocycles. The van der Waals surface area contributed by atoms with E-state index in [0.717, 1.165) is 0 Å². The molecule has 0 radical (unpaired) electrons. The molecule has 0 spiro atoms. The zero-order valence-corrected chi connectivity index (χ0v) is 7.72. The van der Waals surface area contributed by atoms with Crippen LogP contribution in [0.2, 0.25) is 0 Å². The van der Waals surface area contributed by atoms with E-state index in [2.05, 4.69) is 20.0 Å². The molecule has 0 bridgehead atoms. The van der Waals surface area contributed by atoms with Gasteiger partial charge in [0.2, 0.25) is 5.89 Å². The maximum atomic E-state index is 11.9. The van der Waals surface area contributed by atoms with Crippen LogP contribution in [0.5, 0.6) is 0 Å². The first-order valence-electron chi connectivity index (χ1n) is 3.99. The average Bonchev–Trinajstić information content (AvgIpc) is 2.48. The topological polar surface area (TPSA) is 51.0 Å². The van der Waals surface area contributed by atoms with Gasteiger partial charge in [-0.25, -0.2) is 0 Å². The first-order chi connectivity index (χ1) is 6.42. The van der Waals surface area contributed by atoms with E-state index < -0.39 is 18.5 Å². The standard InChI is InChI=1S/C7H10F3N3O/c1-4(11-2)6-12-5(14-13-6)3-7(8,9)10/h4,11H,3H2,1-2H3/t4-/m1/s1. The van der Waals surface area contributed by atoms with Crippen LogP contribution in [0.15, 0.2) is 4.52 Å². The SMILES string of the molecule is CN[C@H](C)c1noc(CC(F)(F)F)n1. The summed E-state index contributed by atoms with van der Waals surface area (Å²) in [6, 6.07) is -0.222. The van der Waals surface area contributed by atoms with Gasteiger partial charge in [0, 0.05) is 0 Å². The number of alkyl halides is 3. The summed E-state index contributed by atoms with van der Waals surface area (Å²) < 4.78 is 40.1. The molecule has 0 aliphatic rings. The Balaban J connectivity index is 2.69. The van der Waals surface area contributed by atoms with Gasteiger partial charge in [-0.05, 0) is 14.0 Å². The predicted octanol–water partition coefficient (Wildman–Crippen LogP) is 1.45. The fourth-order valence-corrected chi connectivity index (χ4v) is 0.816. The second-order valence-electron chi connectivity index (χ2n) is 2.85.